The van der Waals surface area contributed by atoms with E-state index in [1.807, 2.05) is 38.1 Å². The number of hydrogen-bond donors (Lipinski definition) is 1. The van der Waals surface area contributed by atoms with Crippen LogP contribution in [-0.2, 0) is 20.7 Å². The SMILES string of the molecule is CC[C@@H](C)NC(=O)[C@@H]1c2ccccc2CC(=O)N1CCOC. The molecule has 1 heterocycles. The van der Waals surface area contributed by atoms with Crippen LogP contribution in [0.4, 0.5) is 0 Å². The molecule has 1 aromatic carbocycles. The minimum atomic E-state index is -0.568. The molecular formula is C17H24N2O3. The Balaban J connectivity index is 2.33. The molecule has 22 heavy (non-hydrogen) atoms. The van der Waals surface area contributed by atoms with E-state index in [4.69, 9.17) is 4.74 Å². The summed E-state index contributed by atoms with van der Waals surface area (Å²) in [6.45, 7) is 4.82. The molecule has 0 aromatic heterocycles. The summed E-state index contributed by atoms with van der Waals surface area (Å²) in [5.74, 6) is -0.147. The lowest BCUT2D eigenvalue weighted by Gasteiger charge is -2.36. The molecule has 2 atom stereocenters. The third-order valence-electron chi connectivity index (χ3n) is 4.11. The number of nitrogens with zero attached hydrogens (tertiary/aromatic N) is 1. The summed E-state index contributed by atoms with van der Waals surface area (Å²) in [7, 11) is 1.59. The zero-order chi connectivity index (χ0) is 16.1. The summed E-state index contributed by atoms with van der Waals surface area (Å²) in [5.41, 5.74) is 1.85. The molecule has 1 aliphatic rings. The Kier molecular flexibility index (Phi) is 5.55. The van der Waals surface area contributed by atoms with Crippen molar-refractivity contribution >= 4 is 11.8 Å². The van der Waals surface area contributed by atoms with E-state index in [-0.39, 0.29) is 17.9 Å². The van der Waals surface area contributed by atoms with Crippen molar-refractivity contribution in [2.75, 3.05) is 20.3 Å². The van der Waals surface area contributed by atoms with Crippen LogP contribution in [0.5, 0.6) is 0 Å². The molecule has 0 fully saturated rings. The third-order valence-corrected chi connectivity index (χ3v) is 4.11. The average Bonchev–Trinajstić information content (AvgIpc) is 2.52. The molecule has 0 spiro atoms. The van der Waals surface area contributed by atoms with Crippen molar-refractivity contribution in [3.8, 4) is 0 Å². The predicted octanol–water partition coefficient (Wildman–Crippen LogP) is 1.67. The number of fused-ring (bicyclic) bond motifs is 1. The number of carbonyl (C=O) groups excluding carboxylic acids is 2. The number of rotatable bonds is 6. The monoisotopic (exact) mass is 304 g/mol. The van der Waals surface area contributed by atoms with Crippen molar-refractivity contribution in [1.82, 2.24) is 10.2 Å². The smallest absolute Gasteiger partial charge is 0.247 e. The second-order valence-corrected chi connectivity index (χ2v) is 5.68. The highest BCUT2D eigenvalue weighted by Gasteiger charge is 2.36. The minimum absolute atomic E-state index is 0.0277. The Labute approximate surface area is 131 Å². The van der Waals surface area contributed by atoms with Crippen LogP contribution < -0.4 is 5.32 Å². The summed E-state index contributed by atoms with van der Waals surface area (Å²) in [5, 5.41) is 2.99. The molecule has 2 rings (SSSR count). The number of nitrogens with one attached hydrogen (secondary N) is 1. The number of amides is 2. The van der Waals surface area contributed by atoms with Crippen LogP contribution in [0.1, 0.15) is 37.4 Å². The maximum atomic E-state index is 12.7. The van der Waals surface area contributed by atoms with Crippen LogP contribution >= 0.6 is 0 Å². The van der Waals surface area contributed by atoms with Gasteiger partial charge in [-0.05, 0) is 24.5 Å². The van der Waals surface area contributed by atoms with Gasteiger partial charge in [-0.1, -0.05) is 31.2 Å². The first-order valence-corrected chi connectivity index (χ1v) is 7.75. The number of methoxy groups -OCH3 is 1. The van der Waals surface area contributed by atoms with Crippen LogP contribution in [0.3, 0.4) is 0 Å². The molecule has 1 N–H and O–H groups in total. The van der Waals surface area contributed by atoms with Crippen LogP contribution in [0.15, 0.2) is 24.3 Å². The Morgan fingerprint density at radius 2 is 2.18 bits per heavy atom. The predicted molar refractivity (Wildman–Crippen MR) is 84.4 cm³/mol. The molecular weight excluding hydrogens is 280 g/mol. The van der Waals surface area contributed by atoms with E-state index in [1.165, 1.54) is 0 Å². The maximum Gasteiger partial charge on any atom is 0.247 e. The highest BCUT2D eigenvalue weighted by molar-refractivity contribution is 5.92. The molecule has 0 aliphatic carbocycles. The standard InChI is InChI=1S/C17H24N2O3/c1-4-12(2)18-17(21)16-14-8-6-5-7-13(14)11-15(20)19(16)9-10-22-3/h5-8,12,16H,4,9-11H2,1-3H3,(H,18,21)/t12-,16+/m1/s1. The van der Waals surface area contributed by atoms with E-state index in [9.17, 15) is 9.59 Å². The normalized spacial score (nSPS) is 18.8. The van der Waals surface area contributed by atoms with Gasteiger partial charge in [-0.25, -0.2) is 0 Å². The van der Waals surface area contributed by atoms with Gasteiger partial charge < -0.3 is 15.0 Å². The zero-order valence-corrected chi connectivity index (χ0v) is 13.5. The first kappa shape index (κ1) is 16.5. The Bertz CT molecular complexity index is 544. The second kappa shape index (κ2) is 7.40. The quantitative estimate of drug-likeness (QED) is 0.870. The van der Waals surface area contributed by atoms with Crippen molar-refractivity contribution in [2.45, 2.75) is 38.8 Å². The number of carbonyl (C=O) groups is 2. The fourth-order valence-electron chi connectivity index (χ4n) is 2.69. The first-order chi connectivity index (χ1) is 10.6. The fraction of sp³-hybridized carbons (Fsp3) is 0.529. The lowest BCUT2D eigenvalue weighted by atomic mass is 9.91. The molecule has 2 amide bonds. The van der Waals surface area contributed by atoms with E-state index in [0.29, 0.717) is 19.6 Å². The summed E-state index contributed by atoms with van der Waals surface area (Å²) >= 11 is 0. The third kappa shape index (κ3) is 3.47. The van der Waals surface area contributed by atoms with Gasteiger partial charge in [0.1, 0.15) is 6.04 Å². The molecule has 0 bridgehead atoms. The molecule has 0 saturated carbocycles. The number of hydrogen-bond acceptors (Lipinski definition) is 3. The van der Waals surface area contributed by atoms with Crippen molar-refractivity contribution in [3.05, 3.63) is 35.4 Å². The van der Waals surface area contributed by atoms with Gasteiger partial charge in [0, 0.05) is 19.7 Å². The van der Waals surface area contributed by atoms with Crippen LogP contribution in [-0.4, -0.2) is 43.0 Å². The van der Waals surface area contributed by atoms with Gasteiger partial charge in [0.15, 0.2) is 0 Å². The Hall–Kier alpha value is -1.88. The molecule has 1 aromatic rings. The summed E-state index contributed by atoms with van der Waals surface area (Å²) in [4.78, 5) is 26.8. The Morgan fingerprint density at radius 1 is 1.45 bits per heavy atom. The zero-order valence-electron chi connectivity index (χ0n) is 13.5. The lowest BCUT2D eigenvalue weighted by molar-refractivity contribution is -0.142. The van der Waals surface area contributed by atoms with E-state index in [0.717, 1.165) is 17.5 Å². The van der Waals surface area contributed by atoms with Crippen molar-refractivity contribution < 1.29 is 14.3 Å². The van der Waals surface area contributed by atoms with Crippen LogP contribution in [0, 0.1) is 0 Å². The van der Waals surface area contributed by atoms with Crippen molar-refractivity contribution in [1.29, 1.82) is 0 Å². The molecule has 5 nitrogen and oxygen atoms in total. The van der Waals surface area contributed by atoms with Gasteiger partial charge in [-0.2, -0.15) is 0 Å². The number of benzene rings is 1. The van der Waals surface area contributed by atoms with E-state index in [1.54, 1.807) is 12.0 Å². The molecule has 0 saturated heterocycles. The lowest BCUT2D eigenvalue weighted by Crippen LogP contribution is -2.49. The van der Waals surface area contributed by atoms with Gasteiger partial charge in [-0.15, -0.1) is 0 Å². The fourth-order valence-corrected chi connectivity index (χ4v) is 2.69. The van der Waals surface area contributed by atoms with Gasteiger partial charge in [0.05, 0.1) is 13.0 Å². The molecule has 0 radical (unpaired) electrons. The topological polar surface area (TPSA) is 58.6 Å². The van der Waals surface area contributed by atoms with E-state index in [2.05, 4.69) is 5.32 Å². The summed E-state index contributed by atoms with van der Waals surface area (Å²) in [6.07, 6.45) is 1.19. The average molecular weight is 304 g/mol. The molecule has 5 heteroatoms. The van der Waals surface area contributed by atoms with E-state index < -0.39 is 6.04 Å². The van der Waals surface area contributed by atoms with Crippen molar-refractivity contribution in [2.24, 2.45) is 0 Å². The largest absolute Gasteiger partial charge is 0.383 e. The van der Waals surface area contributed by atoms with Crippen molar-refractivity contribution in [3.63, 3.8) is 0 Å². The highest BCUT2D eigenvalue weighted by atomic mass is 16.5. The van der Waals surface area contributed by atoms with Gasteiger partial charge >= 0.3 is 0 Å². The molecule has 0 unspecified atom stereocenters. The molecule has 120 valence electrons. The van der Waals surface area contributed by atoms with E-state index >= 15 is 0 Å². The Morgan fingerprint density at radius 3 is 2.86 bits per heavy atom. The van der Waals surface area contributed by atoms with Crippen LogP contribution in [0.25, 0.3) is 0 Å². The maximum absolute atomic E-state index is 12.7. The second-order valence-electron chi connectivity index (χ2n) is 5.68. The summed E-state index contributed by atoms with van der Waals surface area (Å²) in [6, 6.07) is 7.18. The first-order valence-electron chi connectivity index (χ1n) is 7.75. The highest BCUT2D eigenvalue weighted by Crippen LogP contribution is 2.30. The number of ether oxygens (including phenoxy) is 1. The summed E-state index contributed by atoms with van der Waals surface area (Å²) < 4.78 is 5.09. The van der Waals surface area contributed by atoms with Gasteiger partial charge in [0.25, 0.3) is 0 Å². The van der Waals surface area contributed by atoms with Gasteiger partial charge in [-0.3, -0.25) is 9.59 Å². The van der Waals surface area contributed by atoms with Gasteiger partial charge in [0.2, 0.25) is 11.8 Å². The minimum Gasteiger partial charge on any atom is -0.383 e. The van der Waals surface area contributed by atoms with Crippen LogP contribution in [0.2, 0.25) is 0 Å². The molecule has 1 aliphatic heterocycles.